The average molecular weight is 444 g/mol. The minimum atomic E-state index is -1.00. The Balaban J connectivity index is 2.36. The van der Waals surface area contributed by atoms with E-state index in [0.29, 0.717) is 17.0 Å². The summed E-state index contributed by atoms with van der Waals surface area (Å²) in [5, 5.41) is 20.6. The van der Waals surface area contributed by atoms with Gasteiger partial charge in [-0.05, 0) is 38.1 Å². The summed E-state index contributed by atoms with van der Waals surface area (Å²) < 4.78 is 17.0. The Hall–Kier alpha value is -3.40. The van der Waals surface area contributed by atoms with Gasteiger partial charge in [0.15, 0.2) is 6.10 Å². The number of hydrogen-bond acceptors (Lipinski definition) is 7. The van der Waals surface area contributed by atoms with Crippen LogP contribution in [-0.4, -0.2) is 48.2 Å². The molecule has 0 unspecified atom stereocenters. The van der Waals surface area contributed by atoms with E-state index >= 15 is 0 Å². The smallest absolute Gasteiger partial charge is 0.412 e. The number of ether oxygens (including phenoxy) is 3. The molecular formula is C23H28N2O7. The molecule has 2 atom stereocenters. The van der Waals surface area contributed by atoms with E-state index in [2.05, 4.69) is 5.32 Å². The van der Waals surface area contributed by atoms with Crippen molar-refractivity contribution in [3.05, 3.63) is 71.8 Å². The molecule has 0 saturated carbocycles. The molecule has 32 heavy (non-hydrogen) atoms. The second-order valence-electron chi connectivity index (χ2n) is 6.68. The summed E-state index contributed by atoms with van der Waals surface area (Å²) >= 11 is 0. The first-order valence-electron chi connectivity index (χ1n) is 10.1. The molecule has 0 bridgehead atoms. The molecule has 0 saturated heterocycles. The van der Waals surface area contributed by atoms with Gasteiger partial charge < -0.3 is 19.3 Å². The second kappa shape index (κ2) is 13.1. The molecule has 4 N–H and O–H groups in total. The van der Waals surface area contributed by atoms with Gasteiger partial charge in [0.25, 0.3) is 5.91 Å². The van der Waals surface area contributed by atoms with Crippen molar-refractivity contribution in [3.8, 4) is 5.75 Å². The molecule has 2 amide bonds. The quantitative estimate of drug-likeness (QED) is 0.238. The predicted molar refractivity (Wildman–Crippen MR) is 118 cm³/mol. The van der Waals surface area contributed by atoms with E-state index < -0.39 is 24.2 Å². The average Bonchev–Trinajstić information content (AvgIpc) is 2.80. The Kier molecular flexibility index (Phi) is 10.2. The molecule has 2 aromatic rings. The highest BCUT2D eigenvalue weighted by atomic mass is 16.6. The van der Waals surface area contributed by atoms with Gasteiger partial charge in [0, 0.05) is 23.9 Å². The summed E-state index contributed by atoms with van der Waals surface area (Å²) in [5.74, 6) is -0.373. The topological polar surface area (TPSA) is 126 Å². The molecule has 0 radical (unpaired) electrons. The van der Waals surface area contributed by atoms with Crippen LogP contribution in [0.3, 0.4) is 0 Å². The van der Waals surface area contributed by atoms with E-state index in [1.54, 1.807) is 43.3 Å². The summed E-state index contributed by atoms with van der Waals surface area (Å²) in [6.07, 6.45) is -0.161. The van der Waals surface area contributed by atoms with E-state index in [0.717, 1.165) is 11.6 Å². The standard InChI is InChI=1S/C23H28N2O7/c1-3-30-20(12-13-21(27)25-29)22(18-6-4-5-7-19(18)31-15-14-26)32-23(28)24-17-10-8-16(2)9-11-17/h4-13,20,22,26,29H,3,14-15H2,1-2H3,(H,24,28)(H,25,27)/b13-12+/t20-,22-/m1/s1. The number of benzene rings is 2. The van der Waals surface area contributed by atoms with Crippen LogP contribution in [0.4, 0.5) is 10.5 Å². The van der Waals surface area contributed by atoms with Gasteiger partial charge in [-0.15, -0.1) is 0 Å². The number of hydroxylamine groups is 1. The lowest BCUT2D eigenvalue weighted by Crippen LogP contribution is -2.28. The van der Waals surface area contributed by atoms with Crippen LogP contribution in [0, 0.1) is 6.92 Å². The number of hydrogen-bond donors (Lipinski definition) is 4. The fourth-order valence-electron chi connectivity index (χ4n) is 2.87. The number of aryl methyl sites for hydroxylation is 1. The Labute approximate surface area is 186 Å². The van der Waals surface area contributed by atoms with Crippen molar-refractivity contribution < 1.29 is 34.1 Å². The van der Waals surface area contributed by atoms with Crippen LogP contribution >= 0.6 is 0 Å². The molecule has 0 aromatic heterocycles. The van der Waals surface area contributed by atoms with Crippen LogP contribution in [-0.2, 0) is 14.3 Å². The zero-order valence-corrected chi connectivity index (χ0v) is 18.0. The van der Waals surface area contributed by atoms with E-state index in [9.17, 15) is 9.59 Å². The fourth-order valence-corrected chi connectivity index (χ4v) is 2.87. The lowest BCUT2D eigenvalue weighted by molar-refractivity contribution is -0.124. The van der Waals surface area contributed by atoms with E-state index in [-0.39, 0.29) is 19.8 Å². The minimum Gasteiger partial charge on any atom is -0.491 e. The van der Waals surface area contributed by atoms with Crippen molar-refractivity contribution in [1.82, 2.24) is 5.48 Å². The SMILES string of the molecule is CCO[C@H](/C=C/C(=O)NO)[C@H](OC(=O)Nc1ccc(C)cc1)c1ccccc1OCCO. The number of para-hydroxylation sites is 1. The monoisotopic (exact) mass is 444 g/mol. The molecule has 0 heterocycles. The maximum atomic E-state index is 12.7. The van der Waals surface area contributed by atoms with Crippen molar-refractivity contribution in [3.63, 3.8) is 0 Å². The van der Waals surface area contributed by atoms with Gasteiger partial charge >= 0.3 is 6.09 Å². The molecule has 0 spiro atoms. The molecule has 0 fully saturated rings. The fraction of sp³-hybridized carbons (Fsp3) is 0.304. The molecule has 2 rings (SSSR count). The predicted octanol–water partition coefficient (Wildman–Crippen LogP) is 3.12. The van der Waals surface area contributed by atoms with Crippen LogP contribution < -0.4 is 15.5 Å². The molecule has 0 aliphatic heterocycles. The maximum Gasteiger partial charge on any atom is 0.412 e. The highest BCUT2D eigenvalue weighted by Gasteiger charge is 2.29. The normalized spacial score (nSPS) is 12.8. The van der Waals surface area contributed by atoms with Crippen molar-refractivity contribution in [2.24, 2.45) is 0 Å². The zero-order chi connectivity index (χ0) is 23.3. The molecule has 2 aromatic carbocycles. The Morgan fingerprint density at radius 1 is 1.12 bits per heavy atom. The number of amides is 2. The van der Waals surface area contributed by atoms with Crippen LogP contribution in [0.1, 0.15) is 24.2 Å². The number of nitrogens with one attached hydrogen (secondary N) is 2. The number of aliphatic hydroxyl groups is 1. The van der Waals surface area contributed by atoms with Gasteiger partial charge in [0.1, 0.15) is 18.5 Å². The van der Waals surface area contributed by atoms with Crippen LogP contribution in [0.25, 0.3) is 0 Å². The first-order valence-corrected chi connectivity index (χ1v) is 10.1. The van der Waals surface area contributed by atoms with Crippen molar-refractivity contribution in [1.29, 1.82) is 0 Å². The van der Waals surface area contributed by atoms with E-state index in [1.807, 2.05) is 19.1 Å². The van der Waals surface area contributed by atoms with Gasteiger partial charge in [-0.1, -0.05) is 35.9 Å². The summed E-state index contributed by atoms with van der Waals surface area (Å²) in [6.45, 7) is 3.79. The molecule has 9 heteroatoms. The molecular weight excluding hydrogens is 416 g/mol. The summed E-state index contributed by atoms with van der Waals surface area (Å²) in [6, 6.07) is 14.0. The first-order chi connectivity index (χ1) is 15.5. The summed E-state index contributed by atoms with van der Waals surface area (Å²) in [4.78, 5) is 24.2. The number of rotatable bonds is 11. The maximum absolute atomic E-state index is 12.7. The van der Waals surface area contributed by atoms with Crippen molar-refractivity contribution >= 4 is 17.7 Å². The van der Waals surface area contributed by atoms with Gasteiger partial charge in [-0.3, -0.25) is 15.3 Å². The minimum absolute atomic E-state index is 0.0430. The number of carbonyl (C=O) groups excluding carboxylic acids is 2. The van der Waals surface area contributed by atoms with Crippen molar-refractivity contribution in [2.75, 3.05) is 25.1 Å². The zero-order valence-electron chi connectivity index (χ0n) is 18.0. The number of aliphatic hydroxyl groups excluding tert-OH is 1. The molecule has 9 nitrogen and oxygen atoms in total. The van der Waals surface area contributed by atoms with Gasteiger partial charge in [-0.2, -0.15) is 0 Å². The number of anilines is 1. The molecule has 172 valence electrons. The third kappa shape index (κ3) is 7.69. The molecule has 0 aliphatic carbocycles. The lowest BCUT2D eigenvalue weighted by Gasteiger charge is -2.27. The van der Waals surface area contributed by atoms with E-state index in [4.69, 9.17) is 24.5 Å². The Morgan fingerprint density at radius 3 is 2.50 bits per heavy atom. The third-order valence-electron chi connectivity index (χ3n) is 4.31. The summed E-state index contributed by atoms with van der Waals surface area (Å²) in [5.41, 5.74) is 3.57. The lowest BCUT2D eigenvalue weighted by atomic mass is 10.0. The van der Waals surface area contributed by atoms with Crippen molar-refractivity contribution in [2.45, 2.75) is 26.1 Å². The number of carbonyl (C=O) groups is 2. The second-order valence-corrected chi connectivity index (χ2v) is 6.68. The Morgan fingerprint density at radius 2 is 1.84 bits per heavy atom. The highest BCUT2D eigenvalue weighted by Crippen LogP contribution is 2.32. The molecule has 0 aliphatic rings. The highest BCUT2D eigenvalue weighted by molar-refractivity contribution is 5.86. The van der Waals surface area contributed by atoms with Crippen LogP contribution in [0.2, 0.25) is 0 Å². The van der Waals surface area contributed by atoms with Gasteiger partial charge in [0.05, 0.1) is 6.61 Å². The summed E-state index contributed by atoms with van der Waals surface area (Å²) in [7, 11) is 0. The third-order valence-corrected chi connectivity index (χ3v) is 4.31. The van der Waals surface area contributed by atoms with Gasteiger partial charge in [0.2, 0.25) is 0 Å². The van der Waals surface area contributed by atoms with E-state index in [1.165, 1.54) is 11.6 Å². The van der Waals surface area contributed by atoms with Gasteiger partial charge in [-0.25, -0.2) is 10.3 Å². The Bertz CT molecular complexity index is 899. The largest absolute Gasteiger partial charge is 0.491 e. The van der Waals surface area contributed by atoms with Crippen LogP contribution in [0.5, 0.6) is 5.75 Å². The van der Waals surface area contributed by atoms with Crippen LogP contribution in [0.15, 0.2) is 60.7 Å². The first kappa shape index (κ1) is 24.9.